The Kier molecular flexibility index (Phi) is 35.4. The van der Waals surface area contributed by atoms with Gasteiger partial charge in [0.15, 0.2) is 0 Å². The molecule has 0 aliphatic heterocycles. The summed E-state index contributed by atoms with van der Waals surface area (Å²) in [5.74, 6) is 0. The van der Waals surface area contributed by atoms with Crippen LogP contribution in [0.3, 0.4) is 0 Å². The average molecular weight is 365 g/mol. The van der Waals surface area contributed by atoms with Gasteiger partial charge in [0.1, 0.15) is 0 Å². The van der Waals surface area contributed by atoms with E-state index in [1.54, 1.807) is 0 Å². The quantitative estimate of drug-likeness (QED) is 0.270. The van der Waals surface area contributed by atoms with E-state index in [9.17, 15) is 0 Å². The van der Waals surface area contributed by atoms with Crippen LogP contribution in [0.25, 0.3) is 16.0 Å². The number of rotatable bonds is 9. The molecule has 24 heavy (non-hydrogen) atoms. The van der Waals surface area contributed by atoms with Crippen LogP contribution < -0.4 is 0 Å². The molecular weight excluding hydrogens is 330 g/mol. The first-order valence-electron chi connectivity index (χ1n) is 8.21. The molecule has 1 aliphatic rings. The van der Waals surface area contributed by atoms with Crippen molar-refractivity contribution in [1.29, 1.82) is 0 Å². The number of hydrogen-bond acceptors (Lipinski definition) is 0. The molecule has 3 nitrogen and oxygen atoms in total. The van der Waals surface area contributed by atoms with Crippen molar-refractivity contribution >= 4 is 0 Å². The summed E-state index contributed by atoms with van der Waals surface area (Å²) in [6, 6.07) is 0. The second kappa shape index (κ2) is 30.2. The van der Waals surface area contributed by atoms with E-state index in [-0.39, 0.29) is 0 Å². The summed E-state index contributed by atoms with van der Waals surface area (Å²) >= 11 is 2.14. The normalized spacial score (nSPS) is 10.8. The molecule has 0 amide bonds. The van der Waals surface area contributed by atoms with Gasteiger partial charge in [-0.05, 0) is 0 Å². The van der Waals surface area contributed by atoms with E-state index in [1.807, 2.05) is 39.4 Å². The minimum atomic E-state index is 0.920. The number of nitrogens with zero attached hydrogens (tertiary/aromatic N) is 3. The van der Waals surface area contributed by atoms with E-state index in [4.69, 9.17) is 0 Å². The molecule has 0 radical (unpaired) electrons. The molecule has 0 bridgehead atoms. The van der Waals surface area contributed by atoms with Crippen LogP contribution in [0.2, 0.25) is 0 Å². The van der Waals surface area contributed by atoms with Crippen LogP contribution in [-0.4, -0.2) is 40.8 Å². The SMILES string of the molecule is C=CCC[N-]C.C=CCC[N-]C.C=CCC[N-]C.[Ti+3][C]1=CC=CC1. The summed E-state index contributed by atoms with van der Waals surface area (Å²) in [5.41, 5.74) is 0. The van der Waals surface area contributed by atoms with Gasteiger partial charge in [-0.15, -0.1) is 39.4 Å². The standard InChI is InChI=1S/3C5H10N.C5H5.Ti/c3*1-3-4-5-6-2;1-2-4-5-3-1;/h3*3H,1,4-5H2,2H3;1-3H,4H2;/q3*-1;;+3. The first-order chi connectivity index (χ1) is 11.6. The van der Waals surface area contributed by atoms with Crippen molar-refractivity contribution in [2.75, 3.05) is 40.8 Å². The van der Waals surface area contributed by atoms with Crippen molar-refractivity contribution in [3.63, 3.8) is 0 Å². The molecule has 0 aromatic rings. The van der Waals surface area contributed by atoms with E-state index in [0.29, 0.717) is 0 Å². The number of hydrogen-bond donors (Lipinski definition) is 0. The summed E-state index contributed by atoms with van der Waals surface area (Å²) in [6.07, 6.45) is 16.2. The van der Waals surface area contributed by atoms with Crippen LogP contribution in [0.4, 0.5) is 0 Å². The monoisotopic (exact) mass is 365 g/mol. The summed E-state index contributed by atoms with van der Waals surface area (Å²) in [4.78, 5) is 0. The van der Waals surface area contributed by atoms with E-state index >= 15 is 0 Å². The van der Waals surface area contributed by atoms with Gasteiger partial charge in [0.05, 0.1) is 0 Å². The topological polar surface area (TPSA) is 42.3 Å². The Hall–Kier alpha value is -0.706. The Labute approximate surface area is 162 Å². The van der Waals surface area contributed by atoms with Gasteiger partial charge < -0.3 is 16.0 Å². The molecule has 0 aromatic heterocycles. The molecule has 4 heteroatoms. The maximum atomic E-state index is 3.85. The Balaban J connectivity index is -0.000000245. The van der Waals surface area contributed by atoms with Gasteiger partial charge in [-0.1, -0.05) is 37.5 Å². The third-order valence-electron chi connectivity index (χ3n) is 2.44. The van der Waals surface area contributed by atoms with Crippen molar-refractivity contribution in [1.82, 2.24) is 0 Å². The zero-order chi connectivity index (χ0) is 18.9. The van der Waals surface area contributed by atoms with E-state index in [2.05, 4.69) is 74.4 Å². The van der Waals surface area contributed by atoms with Gasteiger partial charge >= 0.3 is 49.0 Å². The summed E-state index contributed by atoms with van der Waals surface area (Å²) in [6.45, 7) is 13.4. The Morgan fingerprint density at radius 3 is 1.33 bits per heavy atom. The van der Waals surface area contributed by atoms with Crippen molar-refractivity contribution in [3.8, 4) is 0 Å². The van der Waals surface area contributed by atoms with Crippen LogP contribution in [0.1, 0.15) is 25.7 Å². The Bertz CT molecular complexity index is 294. The summed E-state index contributed by atoms with van der Waals surface area (Å²) in [7, 11) is 5.43. The van der Waals surface area contributed by atoms with Crippen molar-refractivity contribution in [2.45, 2.75) is 25.7 Å². The van der Waals surface area contributed by atoms with Crippen molar-refractivity contribution in [2.24, 2.45) is 0 Å². The Morgan fingerprint density at radius 2 is 1.25 bits per heavy atom. The molecule has 0 fully saturated rings. The molecule has 0 N–H and O–H groups in total. The average Bonchev–Trinajstić information content (AvgIpc) is 3.09. The molecule has 0 atom stereocenters. The van der Waals surface area contributed by atoms with Crippen molar-refractivity contribution < 1.29 is 20.4 Å². The van der Waals surface area contributed by atoms with Crippen LogP contribution in [0.5, 0.6) is 0 Å². The summed E-state index contributed by atoms with van der Waals surface area (Å²) < 4.78 is 1.47. The van der Waals surface area contributed by atoms with Crippen molar-refractivity contribution in [3.05, 3.63) is 76.0 Å². The van der Waals surface area contributed by atoms with Gasteiger partial charge in [-0.3, -0.25) is 0 Å². The molecule has 0 saturated carbocycles. The molecule has 0 unspecified atom stereocenters. The fourth-order valence-corrected chi connectivity index (χ4v) is 1.44. The molecule has 0 saturated heterocycles. The van der Waals surface area contributed by atoms with Gasteiger partial charge in [-0.25, -0.2) is 0 Å². The minimum absolute atomic E-state index is 0.920. The molecule has 1 aliphatic carbocycles. The van der Waals surface area contributed by atoms with E-state index in [1.165, 1.54) is 10.3 Å². The Morgan fingerprint density at radius 1 is 0.875 bits per heavy atom. The maximum absolute atomic E-state index is 3.85. The molecule has 0 spiro atoms. The zero-order valence-electron chi connectivity index (χ0n) is 15.9. The predicted octanol–water partition coefficient (Wildman–Crippen LogP) is 6.08. The van der Waals surface area contributed by atoms with Gasteiger partial charge in [0, 0.05) is 0 Å². The number of allylic oxidation sites excluding steroid dienone is 4. The fourth-order valence-electron chi connectivity index (χ4n) is 1.11. The second-order valence-corrected chi connectivity index (χ2v) is 5.68. The molecule has 1 rings (SSSR count). The van der Waals surface area contributed by atoms with Gasteiger partial charge in [0.25, 0.3) is 0 Å². The molecule has 0 heterocycles. The third-order valence-corrected chi connectivity index (χ3v) is 3.02. The third kappa shape index (κ3) is 37.5. The van der Waals surface area contributed by atoms with Crippen LogP contribution in [0, 0.1) is 0 Å². The zero-order valence-corrected chi connectivity index (χ0v) is 17.4. The molecule has 134 valence electrons. The van der Waals surface area contributed by atoms with E-state index in [0.717, 1.165) is 38.9 Å². The predicted molar refractivity (Wildman–Crippen MR) is 109 cm³/mol. The van der Waals surface area contributed by atoms with Gasteiger partial charge in [-0.2, -0.15) is 21.1 Å². The fraction of sp³-hybridized carbons (Fsp3) is 0.500. The van der Waals surface area contributed by atoms with Crippen LogP contribution in [-0.2, 0) is 20.4 Å². The van der Waals surface area contributed by atoms with E-state index < -0.39 is 0 Å². The molecule has 0 aromatic carbocycles. The molecular formula is C20H35N3Ti. The van der Waals surface area contributed by atoms with Crippen LogP contribution in [0.15, 0.2) is 60.1 Å². The van der Waals surface area contributed by atoms with Crippen LogP contribution >= 0.6 is 0 Å². The second-order valence-electron chi connectivity index (χ2n) is 4.68. The first-order valence-corrected chi connectivity index (χ1v) is 8.99. The van der Waals surface area contributed by atoms with Gasteiger partial charge in [0.2, 0.25) is 0 Å². The summed E-state index contributed by atoms with van der Waals surface area (Å²) in [5, 5.41) is 11.6. The first kappa shape index (κ1) is 28.1.